The van der Waals surface area contributed by atoms with Crippen LogP contribution in [0.2, 0.25) is 0 Å². The number of benzene rings is 1. The van der Waals surface area contributed by atoms with Gasteiger partial charge in [0.05, 0.1) is 29.2 Å². The average Bonchev–Trinajstić information content (AvgIpc) is 3.49. The van der Waals surface area contributed by atoms with Crippen molar-refractivity contribution in [1.29, 1.82) is 0 Å². The molecule has 3 fully saturated rings. The van der Waals surface area contributed by atoms with Crippen molar-refractivity contribution in [3.05, 3.63) is 55.6 Å². The molecule has 1 aromatic rings. The fourth-order valence-corrected chi connectivity index (χ4v) is 10.2. The number of hydrogen-bond acceptors (Lipinski definition) is 5. The molecule has 3 saturated heterocycles. The highest BCUT2D eigenvalue weighted by Gasteiger charge is 2.76. The fourth-order valence-electron chi connectivity index (χ4n) is 6.65. The van der Waals surface area contributed by atoms with Gasteiger partial charge in [-0.15, -0.1) is 24.9 Å². The van der Waals surface area contributed by atoms with Crippen LogP contribution >= 0.6 is 27.7 Å². The monoisotopic (exact) mass is 617 g/mol. The number of aliphatic hydroxyl groups is 1. The summed E-state index contributed by atoms with van der Waals surface area (Å²) in [4.78, 5) is 48.3. The summed E-state index contributed by atoms with van der Waals surface area (Å²) in [6.07, 6.45) is 4.49. The molecular weight excluding hydrogens is 578 g/mol. The third-order valence-corrected chi connectivity index (χ3v) is 11.6. The lowest BCUT2D eigenvalue weighted by Crippen LogP contribution is -2.60. The van der Waals surface area contributed by atoms with Crippen LogP contribution in [0.25, 0.3) is 0 Å². The Morgan fingerprint density at radius 1 is 1.21 bits per heavy atom. The van der Waals surface area contributed by atoms with E-state index in [0.717, 1.165) is 5.69 Å². The zero-order chi connectivity index (χ0) is 28.7. The Labute approximate surface area is 244 Å². The van der Waals surface area contributed by atoms with E-state index < -0.39 is 34.2 Å². The number of hydrogen-bond donors (Lipinski definition) is 1. The van der Waals surface area contributed by atoms with Crippen molar-refractivity contribution >= 4 is 51.1 Å². The molecule has 0 aromatic heterocycles. The van der Waals surface area contributed by atoms with E-state index in [1.807, 2.05) is 58.0 Å². The molecule has 2 bridgehead atoms. The number of para-hydroxylation sites is 1. The highest BCUT2D eigenvalue weighted by atomic mass is 79.9. The maximum atomic E-state index is 14.5. The minimum atomic E-state index is -0.788. The van der Waals surface area contributed by atoms with Gasteiger partial charge in [-0.05, 0) is 45.7 Å². The average molecular weight is 619 g/mol. The summed E-state index contributed by atoms with van der Waals surface area (Å²) < 4.78 is -0.781. The third kappa shape index (κ3) is 4.88. The summed E-state index contributed by atoms with van der Waals surface area (Å²) >= 11 is 5.46. The molecular formula is C30H40BrN3O4S. The van der Waals surface area contributed by atoms with Crippen LogP contribution in [-0.2, 0) is 14.4 Å². The largest absolute Gasteiger partial charge is 0.394 e. The Hall–Kier alpha value is -2.10. The SMILES string of the molecule is C=CCN(C(=O)[C@H]1[C@H]2C(=O)N([C@@H](CC)CO)C(C(=O)N(CC=C)C(C)(C)C)C23CC(Br)[C@@H]1S3)c1ccccc1. The standard InChI is InChI=1S/C30H40BrN3O4S/c1-7-15-32(20-13-11-10-12-14-20)26(36)22-23-27(37)34(19(9-3)18-35)25(30(23)17-21(31)24(22)39-30)28(38)33(16-8-2)29(4,5)6/h7-8,10-14,19,21-25,35H,1-2,9,15-18H2,3-6H3/t19-,21?,22-,23-,24-,25?,30?/m0/s1. The number of carbonyl (C=O) groups is 3. The normalized spacial score (nSPS) is 30.2. The predicted molar refractivity (Wildman–Crippen MR) is 161 cm³/mol. The number of alkyl halides is 1. The summed E-state index contributed by atoms with van der Waals surface area (Å²) in [5.74, 6) is -1.77. The van der Waals surface area contributed by atoms with Crippen LogP contribution in [0.3, 0.4) is 0 Å². The van der Waals surface area contributed by atoms with Crippen molar-refractivity contribution in [2.45, 2.75) is 73.0 Å². The summed E-state index contributed by atoms with van der Waals surface area (Å²) in [5, 5.41) is 10.2. The summed E-state index contributed by atoms with van der Waals surface area (Å²) in [6.45, 7) is 16.0. The van der Waals surface area contributed by atoms with Crippen LogP contribution in [0.1, 0.15) is 40.5 Å². The first kappa shape index (κ1) is 29.9. The van der Waals surface area contributed by atoms with Gasteiger partial charge >= 0.3 is 0 Å². The number of aliphatic hydroxyl groups excluding tert-OH is 1. The second kappa shape index (κ2) is 11.4. The van der Waals surface area contributed by atoms with Crippen molar-refractivity contribution in [3.8, 4) is 0 Å². The molecule has 3 unspecified atom stereocenters. The Morgan fingerprint density at radius 2 is 1.85 bits per heavy atom. The van der Waals surface area contributed by atoms with Gasteiger partial charge in [0.2, 0.25) is 17.7 Å². The van der Waals surface area contributed by atoms with Crippen LogP contribution in [0.4, 0.5) is 5.69 Å². The number of anilines is 1. The molecule has 3 amide bonds. The number of rotatable bonds is 10. The predicted octanol–water partition coefficient (Wildman–Crippen LogP) is 4.25. The lowest BCUT2D eigenvalue weighted by atomic mass is 9.70. The smallest absolute Gasteiger partial charge is 0.247 e. The van der Waals surface area contributed by atoms with Gasteiger partial charge in [0.15, 0.2) is 0 Å². The Kier molecular flexibility index (Phi) is 8.74. The molecule has 1 N–H and O–H groups in total. The van der Waals surface area contributed by atoms with Crippen molar-refractivity contribution in [3.63, 3.8) is 0 Å². The molecule has 39 heavy (non-hydrogen) atoms. The van der Waals surface area contributed by atoms with E-state index in [9.17, 15) is 19.5 Å². The minimum absolute atomic E-state index is 0.0335. The lowest BCUT2D eigenvalue weighted by molar-refractivity contribution is -0.148. The van der Waals surface area contributed by atoms with E-state index in [1.165, 1.54) is 0 Å². The van der Waals surface area contributed by atoms with Crippen LogP contribution in [0, 0.1) is 11.8 Å². The van der Waals surface area contributed by atoms with Crippen LogP contribution in [0.5, 0.6) is 0 Å². The molecule has 0 saturated carbocycles. The van der Waals surface area contributed by atoms with E-state index in [0.29, 0.717) is 25.9 Å². The second-order valence-electron chi connectivity index (χ2n) is 11.6. The maximum absolute atomic E-state index is 14.5. The zero-order valence-electron chi connectivity index (χ0n) is 23.3. The Balaban J connectivity index is 1.84. The quantitative estimate of drug-likeness (QED) is 0.313. The highest BCUT2D eigenvalue weighted by molar-refractivity contribution is 9.09. The number of amides is 3. The Morgan fingerprint density at radius 3 is 2.38 bits per heavy atom. The number of halogens is 1. The first-order chi connectivity index (χ1) is 18.5. The highest BCUT2D eigenvalue weighted by Crippen LogP contribution is 2.68. The van der Waals surface area contributed by atoms with Crippen molar-refractivity contribution in [2.75, 3.05) is 24.6 Å². The van der Waals surface area contributed by atoms with E-state index >= 15 is 0 Å². The molecule has 3 aliphatic heterocycles. The zero-order valence-corrected chi connectivity index (χ0v) is 25.7. The second-order valence-corrected chi connectivity index (χ2v) is 14.4. The third-order valence-electron chi connectivity index (χ3n) is 8.35. The van der Waals surface area contributed by atoms with Gasteiger partial charge in [-0.25, -0.2) is 0 Å². The first-order valence-electron chi connectivity index (χ1n) is 13.6. The molecule has 3 aliphatic rings. The van der Waals surface area contributed by atoms with E-state index in [1.54, 1.807) is 38.6 Å². The number of likely N-dealkylation sites (tertiary alicyclic amines) is 1. The summed E-state index contributed by atoms with van der Waals surface area (Å²) in [6, 6.07) is 8.13. The van der Waals surface area contributed by atoms with Gasteiger partial charge in [-0.3, -0.25) is 14.4 Å². The maximum Gasteiger partial charge on any atom is 0.247 e. The van der Waals surface area contributed by atoms with Crippen LogP contribution < -0.4 is 4.90 Å². The first-order valence-corrected chi connectivity index (χ1v) is 15.4. The van der Waals surface area contributed by atoms with Crippen LogP contribution in [0.15, 0.2) is 55.6 Å². The van der Waals surface area contributed by atoms with Crippen molar-refractivity contribution in [1.82, 2.24) is 9.80 Å². The van der Waals surface area contributed by atoms with Crippen molar-refractivity contribution in [2.24, 2.45) is 11.8 Å². The van der Waals surface area contributed by atoms with Gasteiger partial charge < -0.3 is 19.8 Å². The molecule has 7 atom stereocenters. The summed E-state index contributed by atoms with van der Waals surface area (Å²) in [7, 11) is 0. The van der Waals surface area contributed by atoms with Crippen molar-refractivity contribution < 1.29 is 19.5 Å². The van der Waals surface area contributed by atoms with Gasteiger partial charge in [-0.2, -0.15) is 0 Å². The van der Waals surface area contributed by atoms with E-state index in [4.69, 9.17) is 0 Å². The van der Waals surface area contributed by atoms with Crippen LogP contribution in [-0.4, -0.2) is 84.8 Å². The summed E-state index contributed by atoms with van der Waals surface area (Å²) in [5.41, 5.74) is 0.241. The molecule has 212 valence electrons. The topological polar surface area (TPSA) is 81.2 Å². The minimum Gasteiger partial charge on any atom is -0.394 e. The number of fused-ring (bicyclic) bond motifs is 1. The molecule has 1 spiro atoms. The van der Waals surface area contributed by atoms with Gasteiger partial charge in [0.1, 0.15) is 6.04 Å². The van der Waals surface area contributed by atoms with Gasteiger partial charge in [0.25, 0.3) is 0 Å². The lowest BCUT2D eigenvalue weighted by Gasteiger charge is -2.43. The van der Waals surface area contributed by atoms with Gasteiger partial charge in [0, 0.05) is 34.4 Å². The molecule has 3 heterocycles. The molecule has 7 nitrogen and oxygen atoms in total. The fraction of sp³-hybridized carbons (Fsp3) is 0.567. The van der Waals surface area contributed by atoms with Gasteiger partial charge in [-0.1, -0.05) is 53.2 Å². The van der Waals surface area contributed by atoms with E-state index in [2.05, 4.69) is 29.1 Å². The molecule has 0 radical (unpaired) electrons. The number of thioether (sulfide) groups is 1. The molecule has 4 rings (SSSR count). The molecule has 1 aromatic carbocycles. The number of nitrogens with zero attached hydrogens (tertiary/aromatic N) is 3. The number of carbonyl (C=O) groups excluding carboxylic acids is 3. The molecule has 0 aliphatic carbocycles. The van der Waals surface area contributed by atoms with E-state index in [-0.39, 0.29) is 34.4 Å². The molecule has 9 heteroatoms. The Bertz CT molecular complexity index is 1120.